The molecule has 0 saturated carbocycles. The number of methoxy groups -OCH3 is 1. The van der Waals surface area contributed by atoms with Gasteiger partial charge in [0.25, 0.3) is 5.91 Å². The Hall–Kier alpha value is -2.83. The molecular weight excluding hydrogens is 312 g/mol. The Labute approximate surface area is 140 Å². The topological polar surface area (TPSA) is 84.9 Å². The lowest BCUT2D eigenvalue weighted by Gasteiger charge is -2.39. The third-order valence-electron chi connectivity index (χ3n) is 3.56. The zero-order valence-corrected chi connectivity index (χ0v) is 13.9. The van der Waals surface area contributed by atoms with Gasteiger partial charge in [-0.3, -0.25) is 4.79 Å². The van der Waals surface area contributed by atoms with Gasteiger partial charge in [0.15, 0.2) is 0 Å². The summed E-state index contributed by atoms with van der Waals surface area (Å²) in [5.41, 5.74) is 1.73. The number of hydrogen-bond donors (Lipinski definition) is 1. The van der Waals surface area contributed by atoms with E-state index in [4.69, 9.17) is 4.74 Å². The second-order valence-corrected chi connectivity index (χ2v) is 5.55. The van der Waals surface area contributed by atoms with Crippen molar-refractivity contribution < 1.29 is 23.9 Å². The van der Waals surface area contributed by atoms with Gasteiger partial charge in [-0.25, -0.2) is 9.59 Å². The lowest BCUT2D eigenvalue weighted by molar-refractivity contribution is -0.148. The number of likely N-dealkylation sites (tertiary alicyclic amines) is 1. The number of hydrogen-bond acceptors (Lipinski definition) is 5. The van der Waals surface area contributed by atoms with Gasteiger partial charge in [0.2, 0.25) is 0 Å². The predicted octanol–water partition coefficient (Wildman–Crippen LogP) is 1.59. The van der Waals surface area contributed by atoms with Crippen LogP contribution in [-0.4, -0.2) is 42.6 Å². The van der Waals surface area contributed by atoms with Crippen LogP contribution in [0.2, 0.25) is 0 Å². The van der Waals surface area contributed by atoms with Gasteiger partial charge in [0, 0.05) is 0 Å². The SMILES string of the molecule is COC(=O)C(=C(C)C)N1CC(NC(=O)OCc2ccccc2)C1=O. The molecule has 1 saturated heterocycles. The molecule has 128 valence electrons. The Balaban J connectivity index is 1.86. The van der Waals surface area contributed by atoms with Crippen molar-refractivity contribution in [2.75, 3.05) is 13.7 Å². The van der Waals surface area contributed by atoms with E-state index in [0.717, 1.165) is 5.56 Å². The molecule has 1 N–H and O–H groups in total. The van der Waals surface area contributed by atoms with Gasteiger partial charge in [-0.15, -0.1) is 0 Å². The van der Waals surface area contributed by atoms with Gasteiger partial charge < -0.3 is 19.7 Å². The maximum Gasteiger partial charge on any atom is 0.408 e. The van der Waals surface area contributed by atoms with Crippen LogP contribution in [0.25, 0.3) is 0 Å². The summed E-state index contributed by atoms with van der Waals surface area (Å²) in [6.45, 7) is 3.76. The molecule has 1 aliphatic heterocycles. The first-order valence-electron chi connectivity index (χ1n) is 7.48. The Morgan fingerprint density at radius 1 is 1.25 bits per heavy atom. The maximum atomic E-state index is 12.2. The molecule has 2 rings (SSSR count). The van der Waals surface area contributed by atoms with Crippen molar-refractivity contribution in [3.8, 4) is 0 Å². The molecule has 7 heteroatoms. The molecule has 24 heavy (non-hydrogen) atoms. The van der Waals surface area contributed by atoms with E-state index >= 15 is 0 Å². The Bertz CT molecular complexity index is 665. The van der Waals surface area contributed by atoms with Crippen LogP contribution in [0.5, 0.6) is 0 Å². The first-order valence-corrected chi connectivity index (χ1v) is 7.48. The molecule has 1 atom stereocenters. The number of rotatable bonds is 5. The summed E-state index contributed by atoms with van der Waals surface area (Å²) < 4.78 is 9.75. The average Bonchev–Trinajstić information content (AvgIpc) is 2.58. The minimum atomic E-state index is -0.702. The highest BCUT2D eigenvalue weighted by Gasteiger charge is 2.42. The molecule has 0 aromatic heterocycles. The number of carbonyl (C=O) groups is 3. The summed E-state index contributed by atoms with van der Waals surface area (Å²) in [5.74, 6) is -0.943. The van der Waals surface area contributed by atoms with Crippen molar-refractivity contribution in [2.24, 2.45) is 0 Å². The van der Waals surface area contributed by atoms with Crippen molar-refractivity contribution in [3.63, 3.8) is 0 Å². The Morgan fingerprint density at radius 2 is 1.92 bits per heavy atom. The molecule has 1 heterocycles. The van der Waals surface area contributed by atoms with Crippen molar-refractivity contribution in [2.45, 2.75) is 26.5 Å². The summed E-state index contributed by atoms with van der Waals surface area (Å²) in [6, 6.07) is 8.53. The minimum Gasteiger partial charge on any atom is -0.464 e. The highest BCUT2D eigenvalue weighted by atomic mass is 16.5. The highest BCUT2D eigenvalue weighted by molar-refractivity contribution is 6.00. The van der Waals surface area contributed by atoms with Crippen LogP contribution in [0.1, 0.15) is 19.4 Å². The van der Waals surface area contributed by atoms with Crippen molar-refractivity contribution in [1.82, 2.24) is 10.2 Å². The molecule has 1 fully saturated rings. The van der Waals surface area contributed by atoms with E-state index in [1.54, 1.807) is 13.8 Å². The van der Waals surface area contributed by atoms with Crippen molar-refractivity contribution >= 4 is 18.0 Å². The maximum absolute atomic E-state index is 12.2. The fourth-order valence-electron chi connectivity index (χ4n) is 2.32. The molecule has 0 spiro atoms. The normalized spacial score (nSPS) is 16.0. The number of β-lactam (4-membered cyclic amide) rings is 1. The van der Waals surface area contributed by atoms with E-state index in [-0.39, 0.29) is 24.8 Å². The second-order valence-electron chi connectivity index (χ2n) is 5.55. The summed E-state index contributed by atoms with van der Waals surface area (Å²) >= 11 is 0. The number of allylic oxidation sites excluding steroid dienone is 1. The molecule has 7 nitrogen and oxygen atoms in total. The summed E-state index contributed by atoms with van der Waals surface area (Å²) in [6.07, 6.45) is -0.673. The third kappa shape index (κ3) is 3.92. The number of carbonyl (C=O) groups excluding carboxylic acids is 3. The quantitative estimate of drug-likeness (QED) is 0.503. The van der Waals surface area contributed by atoms with Crippen LogP contribution >= 0.6 is 0 Å². The van der Waals surface area contributed by atoms with Crippen molar-refractivity contribution in [3.05, 3.63) is 47.2 Å². The first-order chi connectivity index (χ1) is 11.4. The Kier molecular flexibility index (Phi) is 5.57. The van der Waals surface area contributed by atoms with Crippen LogP contribution < -0.4 is 5.32 Å². The number of esters is 1. The molecule has 1 aromatic carbocycles. The number of amides is 2. The predicted molar refractivity (Wildman–Crippen MR) is 85.7 cm³/mol. The van der Waals surface area contributed by atoms with Gasteiger partial charge >= 0.3 is 12.1 Å². The number of benzene rings is 1. The largest absolute Gasteiger partial charge is 0.464 e. The second kappa shape index (κ2) is 7.63. The molecule has 0 radical (unpaired) electrons. The van der Waals surface area contributed by atoms with E-state index in [1.807, 2.05) is 30.3 Å². The van der Waals surface area contributed by atoms with Crippen molar-refractivity contribution in [1.29, 1.82) is 0 Å². The van der Waals surface area contributed by atoms with Gasteiger partial charge in [-0.2, -0.15) is 0 Å². The Morgan fingerprint density at radius 3 is 2.46 bits per heavy atom. The van der Waals surface area contributed by atoms with E-state index in [1.165, 1.54) is 12.0 Å². The van der Waals surface area contributed by atoms with E-state index in [9.17, 15) is 14.4 Å². The fourth-order valence-corrected chi connectivity index (χ4v) is 2.32. The zero-order valence-electron chi connectivity index (χ0n) is 13.9. The molecule has 1 unspecified atom stereocenters. The van der Waals surface area contributed by atoms with Gasteiger partial charge in [-0.05, 0) is 25.0 Å². The first kappa shape index (κ1) is 17.5. The van der Waals surface area contributed by atoms with Crippen LogP contribution in [0.15, 0.2) is 41.6 Å². The monoisotopic (exact) mass is 332 g/mol. The zero-order chi connectivity index (χ0) is 17.7. The fraction of sp³-hybridized carbons (Fsp3) is 0.353. The van der Waals surface area contributed by atoms with Gasteiger partial charge in [0.05, 0.1) is 13.7 Å². The number of nitrogens with one attached hydrogen (secondary N) is 1. The molecule has 1 aromatic rings. The highest BCUT2D eigenvalue weighted by Crippen LogP contribution is 2.21. The molecule has 2 amide bonds. The van der Waals surface area contributed by atoms with E-state index < -0.39 is 18.1 Å². The van der Waals surface area contributed by atoms with Crippen LogP contribution in [0.4, 0.5) is 4.79 Å². The minimum absolute atomic E-state index is 0.124. The number of alkyl carbamates (subject to hydrolysis) is 1. The van der Waals surface area contributed by atoms with E-state index in [2.05, 4.69) is 10.1 Å². The summed E-state index contributed by atoms with van der Waals surface area (Å²) in [4.78, 5) is 36.9. The molecule has 1 aliphatic rings. The lowest BCUT2D eigenvalue weighted by Crippen LogP contribution is -2.64. The molecular formula is C17H20N2O5. The standard InChI is InChI=1S/C17H20N2O5/c1-11(2)14(16(21)23-3)19-9-13(15(19)20)18-17(22)24-10-12-7-5-4-6-8-12/h4-8,13H,9-10H2,1-3H3,(H,18,22). The molecule has 0 bridgehead atoms. The summed E-state index contributed by atoms with van der Waals surface area (Å²) in [5, 5.41) is 2.49. The summed E-state index contributed by atoms with van der Waals surface area (Å²) in [7, 11) is 1.26. The lowest BCUT2D eigenvalue weighted by atomic mass is 10.0. The van der Waals surface area contributed by atoms with Crippen LogP contribution in [0.3, 0.4) is 0 Å². The van der Waals surface area contributed by atoms with E-state index in [0.29, 0.717) is 5.57 Å². The third-order valence-corrected chi connectivity index (χ3v) is 3.56. The van der Waals surface area contributed by atoms with Gasteiger partial charge in [0.1, 0.15) is 18.3 Å². The number of ether oxygens (including phenoxy) is 2. The smallest absolute Gasteiger partial charge is 0.408 e. The van der Waals surface area contributed by atoms with Crippen LogP contribution in [0, 0.1) is 0 Å². The average molecular weight is 332 g/mol. The molecule has 0 aliphatic carbocycles. The van der Waals surface area contributed by atoms with Gasteiger partial charge in [-0.1, -0.05) is 30.3 Å². The van der Waals surface area contributed by atoms with Crippen LogP contribution in [-0.2, 0) is 25.7 Å². The number of nitrogens with zero attached hydrogens (tertiary/aromatic N) is 1.